The lowest BCUT2D eigenvalue weighted by molar-refractivity contribution is 0.382. The molecule has 0 aromatic carbocycles. The Morgan fingerprint density at radius 1 is 1.31 bits per heavy atom. The van der Waals surface area contributed by atoms with Crippen molar-refractivity contribution < 1.29 is 0 Å². The van der Waals surface area contributed by atoms with Crippen LogP contribution in [0.1, 0.15) is 45.9 Å². The van der Waals surface area contributed by atoms with E-state index < -0.39 is 0 Å². The predicted molar refractivity (Wildman–Crippen MR) is 66.1 cm³/mol. The van der Waals surface area contributed by atoms with Gasteiger partial charge in [-0.1, -0.05) is 33.6 Å². The van der Waals surface area contributed by atoms with Gasteiger partial charge in [-0.05, 0) is 12.3 Å². The van der Waals surface area contributed by atoms with E-state index in [4.69, 9.17) is 5.73 Å². The summed E-state index contributed by atoms with van der Waals surface area (Å²) in [4.78, 5) is 4.30. The third-order valence-electron chi connectivity index (χ3n) is 3.20. The molecule has 16 heavy (non-hydrogen) atoms. The van der Waals surface area contributed by atoms with Crippen molar-refractivity contribution in [1.29, 1.82) is 0 Å². The number of nitrogens with two attached hydrogens (primary N) is 1. The van der Waals surface area contributed by atoms with Crippen LogP contribution in [0.25, 0.3) is 0 Å². The van der Waals surface area contributed by atoms with Crippen LogP contribution >= 0.6 is 0 Å². The fourth-order valence-corrected chi connectivity index (χ4v) is 2.12. The van der Waals surface area contributed by atoms with Crippen molar-refractivity contribution in [3.8, 4) is 0 Å². The van der Waals surface area contributed by atoms with E-state index in [1.165, 1.54) is 0 Å². The minimum Gasteiger partial charge on any atom is -0.327 e. The number of hydrogen-bond acceptors (Lipinski definition) is 3. The van der Waals surface area contributed by atoms with Gasteiger partial charge in [-0.25, -0.2) is 4.98 Å². The molecule has 2 N–H and O–H groups in total. The van der Waals surface area contributed by atoms with Gasteiger partial charge in [-0.3, -0.25) is 4.68 Å². The molecule has 1 atom stereocenters. The van der Waals surface area contributed by atoms with Crippen LogP contribution in [-0.4, -0.2) is 20.8 Å². The van der Waals surface area contributed by atoms with Crippen molar-refractivity contribution in [3.63, 3.8) is 0 Å². The molecule has 0 spiro atoms. The molecule has 0 aliphatic carbocycles. The molecule has 1 rings (SSSR count). The summed E-state index contributed by atoms with van der Waals surface area (Å²) in [7, 11) is 0. The van der Waals surface area contributed by atoms with Gasteiger partial charge in [0.15, 0.2) is 0 Å². The van der Waals surface area contributed by atoms with Crippen molar-refractivity contribution >= 4 is 0 Å². The highest BCUT2D eigenvalue weighted by Crippen LogP contribution is 2.14. The second-order valence-corrected chi connectivity index (χ2v) is 4.34. The van der Waals surface area contributed by atoms with Crippen molar-refractivity contribution in [2.75, 3.05) is 0 Å². The van der Waals surface area contributed by atoms with Crippen LogP contribution in [0.15, 0.2) is 6.33 Å². The van der Waals surface area contributed by atoms with Crippen LogP contribution in [-0.2, 0) is 13.0 Å². The van der Waals surface area contributed by atoms with Gasteiger partial charge in [0.1, 0.15) is 12.2 Å². The Bertz CT molecular complexity index is 291. The smallest absolute Gasteiger partial charge is 0.138 e. The lowest BCUT2D eigenvalue weighted by Gasteiger charge is -2.20. The van der Waals surface area contributed by atoms with E-state index in [1.807, 2.05) is 4.68 Å². The molecule has 1 aromatic rings. The van der Waals surface area contributed by atoms with E-state index in [0.717, 1.165) is 38.1 Å². The largest absolute Gasteiger partial charge is 0.327 e. The monoisotopic (exact) mass is 224 g/mol. The first-order valence-corrected chi connectivity index (χ1v) is 6.35. The standard InChI is InChI=1S/C12H24N4/c1-4-7-16-12(14-9-15-16)8-11(13)10(5-2)6-3/h9-11H,4-8,13H2,1-3H3. The molecule has 1 aromatic heterocycles. The lowest BCUT2D eigenvalue weighted by atomic mass is 9.92. The van der Waals surface area contributed by atoms with Gasteiger partial charge >= 0.3 is 0 Å². The average Bonchev–Trinajstić information content (AvgIpc) is 2.68. The Morgan fingerprint density at radius 3 is 2.56 bits per heavy atom. The maximum atomic E-state index is 6.21. The minimum atomic E-state index is 0.204. The molecule has 0 amide bonds. The highest BCUT2D eigenvalue weighted by molar-refractivity contribution is 4.90. The molecule has 92 valence electrons. The summed E-state index contributed by atoms with van der Waals surface area (Å²) in [5.74, 6) is 1.62. The highest BCUT2D eigenvalue weighted by atomic mass is 15.3. The van der Waals surface area contributed by atoms with E-state index >= 15 is 0 Å². The van der Waals surface area contributed by atoms with E-state index in [-0.39, 0.29) is 6.04 Å². The first kappa shape index (κ1) is 13.2. The maximum Gasteiger partial charge on any atom is 0.138 e. The molecule has 0 fully saturated rings. The third-order valence-corrected chi connectivity index (χ3v) is 3.20. The maximum absolute atomic E-state index is 6.21. The molecular weight excluding hydrogens is 200 g/mol. The van der Waals surface area contributed by atoms with E-state index in [2.05, 4.69) is 30.9 Å². The molecule has 4 nitrogen and oxygen atoms in total. The third kappa shape index (κ3) is 3.30. The molecule has 1 unspecified atom stereocenters. The van der Waals surface area contributed by atoms with E-state index in [1.54, 1.807) is 6.33 Å². The molecule has 1 heterocycles. The summed E-state index contributed by atoms with van der Waals surface area (Å²) in [6.07, 6.45) is 5.83. The normalized spacial score (nSPS) is 13.3. The number of hydrogen-bond donors (Lipinski definition) is 1. The highest BCUT2D eigenvalue weighted by Gasteiger charge is 2.17. The van der Waals surface area contributed by atoms with Crippen LogP contribution in [0.3, 0.4) is 0 Å². The molecule has 0 radical (unpaired) electrons. The van der Waals surface area contributed by atoms with E-state index in [0.29, 0.717) is 5.92 Å². The lowest BCUT2D eigenvalue weighted by Crippen LogP contribution is -2.32. The zero-order valence-corrected chi connectivity index (χ0v) is 10.7. The van der Waals surface area contributed by atoms with Crippen LogP contribution in [0.2, 0.25) is 0 Å². The second kappa shape index (κ2) is 6.63. The first-order chi connectivity index (χ1) is 7.72. The Labute approximate surface area is 98.2 Å². The summed E-state index contributed by atoms with van der Waals surface area (Å²) in [6, 6.07) is 0.204. The summed E-state index contributed by atoms with van der Waals surface area (Å²) in [6.45, 7) is 7.48. The predicted octanol–water partition coefficient (Wildman–Crippen LogP) is 1.99. The zero-order valence-electron chi connectivity index (χ0n) is 10.7. The van der Waals surface area contributed by atoms with Crippen molar-refractivity contribution in [2.45, 2.75) is 59.0 Å². The van der Waals surface area contributed by atoms with Gasteiger partial charge in [0, 0.05) is 19.0 Å². The van der Waals surface area contributed by atoms with Crippen molar-refractivity contribution in [2.24, 2.45) is 11.7 Å². The quantitative estimate of drug-likeness (QED) is 0.770. The molecule has 0 aliphatic rings. The van der Waals surface area contributed by atoms with Gasteiger partial charge in [-0.15, -0.1) is 0 Å². The summed E-state index contributed by atoms with van der Waals surface area (Å²) >= 11 is 0. The number of aryl methyl sites for hydroxylation is 1. The Morgan fingerprint density at radius 2 is 2.00 bits per heavy atom. The summed E-state index contributed by atoms with van der Waals surface area (Å²) in [5.41, 5.74) is 6.21. The topological polar surface area (TPSA) is 56.7 Å². The molecule has 4 heteroatoms. The average molecular weight is 224 g/mol. The molecule has 0 saturated heterocycles. The van der Waals surface area contributed by atoms with Crippen LogP contribution < -0.4 is 5.73 Å². The summed E-state index contributed by atoms with van der Waals surface area (Å²) in [5, 5.41) is 4.22. The van der Waals surface area contributed by atoms with Gasteiger partial charge < -0.3 is 5.73 Å². The fourth-order valence-electron chi connectivity index (χ4n) is 2.12. The number of nitrogens with zero attached hydrogens (tertiary/aromatic N) is 3. The second-order valence-electron chi connectivity index (χ2n) is 4.34. The molecule has 0 aliphatic heterocycles. The first-order valence-electron chi connectivity index (χ1n) is 6.35. The number of rotatable bonds is 7. The Balaban J connectivity index is 2.61. The fraction of sp³-hybridized carbons (Fsp3) is 0.833. The molecular formula is C12H24N4. The molecule has 0 bridgehead atoms. The van der Waals surface area contributed by atoms with Crippen LogP contribution in [0.5, 0.6) is 0 Å². The molecule has 0 saturated carbocycles. The van der Waals surface area contributed by atoms with Gasteiger partial charge in [0.05, 0.1) is 0 Å². The van der Waals surface area contributed by atoms with E-state index in [9.17, 15) is 0 Å². The van der Waals surface area contributed by atoms with Crippen LogP contribution in [0.4, 0.5) is 0 Å². The van der Waals surface area contributed by atoms with Gasteiger partial charge in [-0.2, -0.15) is 5.10 Å². The number of aromatic nitrogens is 3. The Hall–Kier alpha value is -0.900. The minimum absolute atomic E-state index is 0.204. The Kier molecular flexibility index (Phi) is 5.46. The SMILES string of the molecule is CCCn1ncnc1CC(N)C(CC)CC. The zero-order chi connectivity index (χ0) is 12.0. The van der Waals surface area contributed by atoms with Gasteiger partial charge in [0.25, 0.3) is 0 Å². The van der Waals surface area contributed by atoms with Crippen molar-refractivity contribution in [1.82, 2.24) is 14.8 Å². The van der Waals surface area contributed by atoms with Crippen LogP contribution in [0, 0.1) is 5.92 Å². The summed E-state index contributed by atoms with van der Waals surface area (Å²) < 4.78 is 1.97. The van der Waals surface area contributed by atoms with Crippen molar-refractivity contribution in [3.05, 3.63) is 12.2 Å². The van der Waals surface area contributed by atoms with Gasteiger partial charge in [0.2, 0.25) is 0 Å².